The van der Waals surface area contributed by atoms with Gasteiger partial charge in [0.25, 0.3) is 10.1 Å². The molecule has 0 aromatic carbocycles. The fourth-order valence-electron chi connectivity index (χ4n) is 0.530. The van der Waals surface area contributed by atoms with Crippen molar-refractivity contribution in [2.45, 2.75) is 32.9 Å². The highest BCUT2D eigenvalue weighted by Gasteiger charge is 2.31. The van der Waals surface area contributed by atoms with Crippen molar-refractivity contribution in [3.63, 3.8) is 0 Å². The van der Waals surface area contributed by atoms with Crippen LogP contribution < -0.4 is 0 Å². The van der Waals surface area contributed by atoms with E-state index >= 15 is 0 Å². The highest BCUT2D eigenvalue weighted by molar-refractivity contribution is 7.85. The van der Waals surface area contributed by atoms with Crippen molar-refractivity contribution in [3.05, 3.63) is 30.1 Å². The smallest absolute Gasteiger partial charge is 0.286 e. The molecule has 0 aliphatic heterocycles. The van der Waals surface area contributed by atoms with Gasteiger partial charge in [0.2, 0.25) is 0 Å². The molecule has 1 aromatic rings. The predicted octanol–water partition coefficient (Wildman–Crippen LogP) is 3.41. The van der Waals surface area contributed by atoms with Crippen molar-refractivity contribution < 1.29 is 26.1 Å². The van der Waals surface area contributed by atoms with Crippen LogP contribution in [0.4, 0.5) is 13.2 Å². The molecule has 1 aromatic heterocycles. The molecule has 1 heterocycles. The molecule has 0 spiro atoms. The summed E-state index contributed by atoms with van der Waals surface area (Å²) in [4.78, 5) is 3.12. The molecule has 1 rings (SSSR count). The van der Waals surface area contributed by atoms with E-state index in [0.717, 1.165) is 12.3 Å². The zero-order valence-corrected chi connectivity index (χ0v) is 11.8. The van der Waals surface area contributed by atoms with Crippen LogP contribution in [0.25, 0.3) is 0 Å². The zero-order valence-electron chi connectivity index (χ0n) is 11.0. The third-order valence-corrected chi connectivity index (χ3v) is 1.46. The van der Waals surface area contributed by atoms with Crippen molar-refractivity contribution in [3.8, 4) is 0 Å². The lowest BCUT2D eigenvalue weighted by atomic mass is 10.3. The Bertz CT molecular complexity index is 409. The summed E-state index contributed by atoms with van der Waals surface area (Å²) in [5, 5.41) is 0. The fourth-order valence-corrected chi connectivity index (χ4v) is 0.530. The van der Waals surface area contributed by atoms with Gasteiger partial charge >= 0.3 is 6.18 Å². The summed E-state index contributed by atoms with van der Waals surface area (Å²) in [6.07, 6.45) is 0.150. The Morgan fingerprint density at radius 2 is 1.63 bits per heavy atom. The van der Waals surface area contributed by atoms with Crippen molar-refractivity contribution in [1.82, 2.24) is 4.98 Å². The summed E-state index contributed by atoms with van der Waals surface area (Å²) < 4.78 is 61.0. The van der Waals surface area contributed by atoms with Crippen molar-refractivity contribution >= 4 is 10.1 Å². The van der Waals surface area contributed by atoms with Crippen LogP contribution in [0.2, 0.25) is 0 Å². The molecule has 19 heavy (non-hydrogen) atoms. The van der Waals surface area contributed by atoms with Crippen LogP contribution >= 0.6 is 0 Å². The molecule has 0 amide bonds. The molecule has 112 valence electrons. The van der Waals surface area contributed by atoms with Gasteiger partial charge in [-0.3, -0.25) is 9.54 Å². The quantitative estimate of drug-likeness (QED) is 0.807. The first kappa shape index (κ1) is 20.2. The van der Waals surface area contributed by atoms with Crippen LogP contribution in [-0.4, -0.2) is 24.2 Å². The summed E-state index contributed by atoms with van der Waals surface area (Å²) in [6.45, 7) is 4.36. The van der Waals surface area contributed by atoms with Crippen LogP contribution in [0.5, 0.6) is 0 Å². The number of halogens is 3. The second-order valence-corrected chi connectivity index (χ2v) is 4.91. The topological polar surface area (TPSA) is 67.3 Å². The fraction of sp³-hybridized carbons (Fsp3) is 0.545. The molecule has 0 bridgehead atoms. The molecule has 0 aliphatic rings. The van der Waals surface area contributed by atoms with Crippen molar-refractivity contribution in [2.75, 3.05) is 6.26 Å². The number of alkyl halides is 3. The van der Waals surface area contributed by atoms with Gasteiger partial charge in [-0.05, 0) is 12.1 Å². The number of hydrogen-bond acceptors (Lipinski definition) is 3. The van der Waals surface area contributed by atoms with E-state index in [1.165, 1.54) is 25.0 Å². The number of rotatable bonds is 1. The number of hydrogen-bond donors (Lipinski definition) is 1. The monoisotopic (exact) mass is 301 g/mol. The van der Waals surface area contributed by atoms with Gasteiger partial charge in [-0.1, -0.05) is 32.8 Å². The molecule has 0 unspecified atom stereocenters. The molecule has 0 saturated heterocycles. The Morgan fingerprint density at radius 3 is 1.79 bits per heavy atom. The molecule has 0 atom stereocenters. The lowest BCUT2D eigenvalue weighted by molar-refractivity contribution is -0.141. The van der Waals surface area contributed by atoms with Gasteiger partial charge in [0.1, 0.15) is 5.69 Å². The van der Waals surface area contributed by atoms with Crippen molar-refractivity contribution in [2.24, 2.45) is 0 Å². The minimum atomic E-state index is -4.32. The SMILES string of the molecule is CCCC.CS(=O)(=O)O.FC(F)(F)c1ccccn1. The van der Waals surface area contributed by atoms with Crippen LogP contribution in [0.3, 0.4) is 0 Å². The van der Waals surface area contributed by atoms with E-state index in [1.54, 1.807) is 0 Å². The third kappa shape index (κ3) is 19.4. The maximum atomic E-state index is 11.7. The summed E-state index contributed by atoms with van der Waals surface area (Å²) in [5.41, 5.74) is -0.852. The van der Waals surface area contributed by atoms with E-state index in [0.29, 0.717) is 6.26 Å². The van der Waals surface area contributed by atoms with E-state index in [2.05, 4.69) is 18.8 Å². The van der Waals surface area contributed by atoms with E-state index in [9.17, 15) is 21.6 Å². The number of nitrogens with zero attached hydrogens (tertiary/aromatic N) is 1. The molecule has 8 heteroatoms. The molecular formula is C11H18F3NO3S. The highest BCUT2D eigenvalue weighted by Crippen LogP contribution is 2.26. The predicted molar refractivity (Wildman–Crippen MR) is 67.3 cm³/mol. The maximum absolute atomic E-state index is 11.7. The van der Waals surface area contributed by atoms with E-state index in [4.69, 9.17) is 4.55 Å². The zero-order chi connectivity index (χ0) is 15.5. The largest absolute Gasteiger partial charge is 0.433 e. The molecule has 1 N–H and O–H groups in total. The van der Waals surface area contributed by atoms with Gasteiger partial charge in [0, 0.05) is 6.20 Å². The Morgan fingerprint density at radius 1 is 1.21 bits per heavy atom. The lowest BCUT2D eigenvalue weighted by Crippen LogP contribution is -2.06. The third-order valence-electron chi connectivity index (χ3n) is 1.46. The molecule has 0 aliphatic carbocycles. The highest BCUT2D eigenvalue weighted by atomic mass is 32.2. The van der Waals surface area contributed by atoms with Crippen LogP contribution in [0.15, 0.2) is 24.4 Å². The average Bonchev–Trinajstić information content (AvgIpc) is 2.27. The summed E-state index contributed by atoms with van der Waals surface area (Å²) >= 11 is 0. The van der Waals surface area contributed by atoms with E-state index in [1.807, 2.05) is 0 Å². The first-order valence-corrected chi connectivity index (χ1v) is 7.27. The Hall–Kier alpha value is -1.15. The summed E-state index contributed by atoms with van der Waals surface area (Å²) in [5.74, 6) is 0. The molecule has 4 nitrogen and oxygen atoms in total. The van der Waals surface area contributed by atoms with Gasteiger partial charge in [-0.2, -0.15) is 21.6 Å². The van der Waals surface area contributed by atoms with E-state index < -0.39 is 22.0 Å². The Balaban J connectivity index is 0. The average molecular weight is 301 g/mol. The first-order valence-electron chi connectivity index (χ1n) is 5.43. The van der Waals surface area contributed by atoms with Crippen LogP contribution in [0.1, 0.15) is 32.4 Å². The molecule has 0 radical (unpaired) electrons. The van der Waals surface area contributed by atoms with Crippen molar-refractivity contribution in [1.29, 1.82) is 0 Å². The second kappa shape index (κ2) is 9.74. The van der Waals surface area contributed by atoms with E-state index in [-0.39, 0.29) is 0 Å². The standard InChI is InChI=1S/C6H4F3N.C4H10.CH4O3S/c7-6(8,9)5-3-1-2-4-10-5;1-3-4-2;1-5(2,3)4/h1-4H;3-4H2,1-2H3;1H3,(H,2,3,4). The second-order valence-electron chi connectivity index (χ2n) is 3.45. The number of unbranched alkanes of at least 4 members (excludes halogenated alkanes) is 1. The molecule has 0 fully saturated rings. The maximum Gasteiger partial charge on any atom is 0.433 e. The number of aromatic nitrogens is 1. The first-order chi connectivity index (χ1) is 8.52. The van der Waals surface area contributed by atoms with Gasteiger partial charge in [0.15, 0.2) is 0 Å². The molecular weight excluding hydrogens is 283 g/mol. The summed E-state index contributed by atoms with van der Waals surface area (Å²) in [7, 11) is -3.67. The van der Waals surface area contributed by atoms with Gasteiger partial charge < -0.3 is 0 Å². The van der Waals surface area contributed by atoms with Crippen LogP contribution in [-0.2, 0) is 16.3 Å². The lowest BCUT2D eigenvalue weighted by Gasteiger charge is -2.02. The minimum absolute atomic E-state index is 0.715. The van der Waals surface area contributed by atoms with Gasteiger partial charge in [-0.25, -0.2) is 0 Å². The summed E-state index contributed by atoms with van der Waals surface area (Å²) in [6, 6.07) is 3.67. The molecule has 0 saturated carbocycles. The minimum Gasteiger partial charge on any atom is -0.286 e. The van der Waals surface area contributed by atoms with Gasteiger partial charge in [0.05, 0.1) is 6.26 Å². The normalized spacial score (nSPS) is 10.7. The van der Waals surface area contributed by atoms with Crippen LogP contribution in [0, 0.1) is 0 Å². The van der Waals surface area contributed by atoms with Gasteiger partial charge in [-0.15, -0.1) is 0 Å². The number of pyridine rings is 1. The Kier molecular flexibility index (Phi) is 10.3. The Labute approximate surface area is 111 Å².